The molecule has 0 bridgehead atoms. The van der Waals surface area contributed by atoms with Crippen LogP contribution in [0.5, 0.6) is 0 Å². The van der Waals surface area contributed by atoms with Crippen molar-refractivity contribution in [2.75, 3.05) is 13.1 Å². The summed E-state index contributed by atoms with van der Waals surface area (Å²) in [6.07, 6.45) is 5.71. The van der Waals surface area contributed by atoms with E-state index in [9.17, 15) is 4.79 Å². The Morgan fingerprint density at radius 1 is 1.27 bits per heavy atom. The molecule has 1 amide bonds. The maximum absolute atomic E-state index is 13.7. The smallest absolute Gasteiger partial charge is 0.254 e. The number of pyridine rings is 1. The van der Waals surface area contributed by atoms with Gasteiger partial charge in [0.1, 0.15) is 0 Å². The van der Waals surface area contributed by atoms with Gasteiger partial charge in [0.05, 0.1) is 32.7 Å². The third-order valence-corrected chi connectivity index (χ3v) is 7.40. The van der Waals surface area contributed by atoms with Crippen LogP contribution in [0.4, 0.5) is 0 Å². The SMILES string of the molecule is CC(C)n1ncc2c(C(=O)N3CCCC(c4nccs4)C3)cc(-c3cccs3)nc21. The third kappa shape index (κ3) is 3.44. The van der Waals surface area contributed by atoms with E-state index in [0.717, 1.165) is 46.0 Å². The lowest BCUT2D eigenvalue weighted by Crippen LogP contribution is -2.39. The van der Waals surface area contributed by atoms with Crippen LogP contribution in [0.1, 0.15) is 54.0 Å². The number of hydrogen-bond acceptors (Lipinski definition) is 6. The first-order valence-electron chi connectivity index (χ1n) is 10.2. The van der Waals surface area contributed by atoms with Gasteiger partial charge in [-0.15, -0.1) is 22.7 Å². The topological polar surface area (TPSA) is 63.9 Å². The number of carbonyl (C=O) groups excluding carboxylic acids is 1. The Balaban J connectivity index is 1.56. The summed E-state index contributed by atoms with van der Waals surface area (Å²) in [6, 6.07) is 6.16. The number of fused-ring (bicyclic) bond motifs is 1. The van der Waals surface area contributed by atoms with Gasteiger partial charge in [-0.1, -0.05) is 6.07 Å². The molecule has 1 fully saturated rings. The number of carbonyl (C=O) groups is 1. The molecule has 1 aliphatic rings. The van der Waals surface area contributed by atoms with E-state index in [-0.39, 0.29) is 11.9 Å². The lowest BCUT2D eigenvalue weighted by Gasteiger charge is -2.32. The van der Waals surface area contributed by atoms with E-state index in [2.05, 4.69) is 23.9 Å². The molecule has 1 unspecified atom stereocenters. The molecule has 0 saturated carbocycles. The highest BCUT2D eigenvalue weighted by Crippen LogP contribution is 2.32. The van der Waals surface area contributed by atoms with Crippen molar-refractivity contribution in [3.8, 4) is 10.6 Å². The fourth-order valence-electron chi connectivity index (χ4n) is 4.09. The fraction of sp³-hybridized carbons (Fsp3) is 0.364. The van der Waals surface area contributed by atoms with E-state index in [4.69, 9.17) is 4.98 Å². The Morgan fingerprint density at radius 2 is 2.17 bits per heavy atom. The molecule has 30 heavy (non-hydrogen) atoms. The minimum Gasteiger partial charge on any atom is -0.338 e. The molecule has 5 heterocycles. The first-order valence-corrected chi connectivity index (χ1v) is 12.0. The molecule has 1 aliphatic heterocycles. The van der Waals surface area contributed by atoms with Gasteiger partial charge in [-0.25, -0.2) is 14.6 Å². The van der Waals surface area contributed by atoms with E-state index < -0.39 is 0 Å². The van der Waals surface area contributed by atoms with Gasteiger partial charge in [-0.2, -0.15) is 5.10 Å². The number of likely N-dealkylation sites (tertiary alicyclic amines) is 1. The van der Waals surface area contributed by atoms with Gasteiger partial charge in [-0.3, -0.25) is 4.79 Å². The van der Waals surface area contributed by atoms with Gasteiger partial charge in [0, 0.05) is 36.6 Å². The molecule has 0 aliphatic carbocycles. The highest BCUT2D eigenvalue weighted by molar-refractivity contribution is 7.13. The van der Waals surface area contributed by atoms with Crippen molar-refractivity contribution < 1.29 is 4.79 Å². The van der Waals surface area contributed by atoms with Crippen LogP contribution in [0.15, 0.2) is 41.4 Å². The van der Waals surface area contributed by atoms with E-state index >= 15 is 0 Å². The predicted octanol–water partition coefficient (Wildman–Crippen LogP) is 5.22. The molecule has 154 valence electrons. The molecular formula is C22H23N5OS2. The molecule has 0 spiro atoms. The van der Waals surface area contributed by atoms with Crippen molar-refractivity contribution in [2.24, 2.45) is 0 Å². The molecule has 5 rings (SSSR count). The van der Waals surface area contributed by atoms with Gasteiger partial charge >= 0.3 is 0 Å². The van der Waals surface area contributed by atoms with E-state index in [1.807, 2.05) is 44.7 Å². The van der Waals surface area contributed by atoms with Crippen LogP contribution in [-0.2, 0) is 0 Å². The van der Waals surface area contributed by atoms with Crippen LogP contribution >= 0.6 is 22.7 Å². The van der Waals surface area contributed by atoms with Gasteiger partial charge in [0.2, 0.25) is 0 Å². The number of thiophene rings is 1. The van der Waals surface area contributed by atoms with Crippen LogP contribution < -0.4 is 0 Å². The van der Waals surface area contributed by atoms with Gasteiger partial charge in [0.15, 0.2) is 5.65 Å². The van der Waals surface area contributed by atoms with Crippen molar-refractivity contribution >= 4 is 39.6 Å². The van der Waals surface area contributed by atoms with Crippen molar-refractivity contribution in [1.82, 2.24) is 24.6 Å². The zero-order valence-electron chi connectivity index (χ0n) is 17.0. The summed E-state index contributed by atoms with van der Waals surface area (Å²) < 4.78 is 1.90. The minimum atomic E-state index is 0.0600. The molecule has 0 N–H and O–H groups in total. The predicted molar refractivity (Wildman–Crippen MR) is 121 cm³/mol. The molecule has 8 heteroatoms. The number of amides is 1. The monoisotopic (exact) mass is 437 g/mol. The van der Waals surface area contributed by atoms with Crippen LogP contribution in [0.2, 0.25) is 0 Å². The lowest BCUT2D eigenvalue weighted by atomic mass is 9.97. The van der Waals surface area contributed by atoms with Crippen molar-refractivity contribution in [3.63, 3.8) is 0 Å². The lowest BCUT2D eigenvalue weighted by molar-refractivity contribution is 0.0709. The molecule has 1 atom stereocenters. The summed E-state index contributed by atoms with van der Waals surface area (Å²) in [4.78, 5) is 26.1. The standard InChI is InChI=1S/C22H23N5OS2/c1-14(2)27-20-17(12-24-27)16(11-18(25-20)19-6-4-9-29-19)22(28)26-8-3-5-15(13-26)21-23-7-10-30-21/h4,6-7,9-12,14-15H,3,5,8,13H2,1-2H3. The summed E-state index contributed by atoms with van der Waals surface area (Å²) in [7, 11) is 0. The maximum Gasteiger partial charge on any atom is 0.254 e. The molecule has 4 aromatic heterocycles. The largest absolute Gasteiger partial charge is 0.338 e. The van der Waals surface area contributed by atoms with E-state index in [1.54, 1.807) is 28.9 Å². The summed E-state index contributed by atoms with van der Waals surface area (Å²) in [5.41, 5.74) is 2.29. The number of thiazole rings is 1. The third-order valence-electron chi connectivity index (χ3n) is 5.57. The summed E-state index contributed by atoms with van der Waals surface area (Å²) in [6.45, 7) is 5.65. The van der Waals surface area contributed by atoms with Crippen molar-refractivity contribution in [1.29, 1.82) is 0 Å². The quantitative estimate of drug-likeness (QED) is 0.439. The number of aromatic nitrogens is 4. The number of hydrogen-bond donors (Lipinski definition) is 0. The van der Waals surface area contributed by atoms with Crippen LogP contribution in [0.3, 0.4) is 0 Å². The fourth-order valence-corrected chi connectivity index (χ4v) is 5.55. The Morgan fingerprint density at radius 3 is 2.90 bits per heavy atom. The normalized spacial score (nSPS) is 17.2. The average Bonchev–Trinajstić information content (AvgIpc) is 3.53. The van der Waals surface area contributed by atoms with Crippen LogP contribution in [0.25, 0.3) is 21.6 Å². The van der Waals surface area contributed by atoms with Gasteiger partial charge in [-0.05, 0) is 44.2 Å². The van der Waals surface area contributed by atoms with Gasteiger partial charge in [0.25, 0.3) is 5.91 Å². The molecule has 0 aromatic carbocycles. The van der Waals surface area contributed by atoms with Crippen LogP contribution in [-0.4, -0.2) is 43.6 Å². The molecular weight excluding hydrogens is 414 g/mol. The number of piperidine rings is 1. The van der Waals surface area contributed by atoms with Crippen LogP contribution in [0, 0.1) is 0 Å². The summed E-state index contributed by atoms with van der Waals surface area (Å²) in [5.74, 6) is 0.375. The number of rotatable bonds is 4. The summed E-state index contributed by atoms with van der Waals surface area (Å²) in [5, 5.41) is 10.5. The first kappa shape index (κ1) is 19.4. The second kappa shape index (κ2) is 7.92. The maximum atomic E-state index is 13.7. The molecule has 4 aromatic rings. The molecule has 0 radical (unpaired) electrons. The Bertz CT molecular complexity index is 1160. The Kier molecular flexibility index (Phi) is 5.12. The first-order chi connectivity index (χ1) is 14.6. The second-order valence-electron chi connectivity index (χ2n) is 7.91. The van der Waals surface area contributed by atoms with E-state index in [1.165, 1.54) is 0 Å². The zero-order valence-corrected chi connectivity index (χ0v) is 18.6. The molecule has 6 nitrogen and oxygen atoms in total. The number of nitrogens with zero attached hydrogens (tertiary/aromatic N) is 5. The highest BCUT2D eigenvalue weighted by Gasteiger charge is 2.29. The van der Waals surface area contributed by atoms with E-state index in [0.29, 0.717) is 18.0 Å². The molecule has 1 saturated heterocycles. The van der Waals surface area contributed by atoms with Crippen molar-refractivity contribution in [2.45, 2.75) is 38.6 Å². The highest BCUT2D eigenvalue weighted by atomic mass is 32.1. The van der Waals surface area contributed by atoms with Crippen molar-refractivity contribution in [3.05, 3.63) is 51.9 Å². The average molecular weight is 438 g/mol. The summed E-state index contributed by atoms with van der Waals surface area (Å²) >= 11 is 3.31. The minimum absolute atomic E-state index is 0.0600. The van der Waals surface area contributed by atoms with Gasteiger partial charge < -0.3 is 4.90 Å². The Hall–Kier alpha value is -2.58. The zero-order chi connectivity index (χ0) is 20.7. The Labute approximate surface area is 183 Å². The second-order valence-corrected chi connectivity index (χ2v) is 9.79.